The number of hydrogen-bond donors (Lipinski definition) is 1. The van der Waals surface area contributed by atoms with Gasteiger partial charge in [-0.1, -0.05) is 61.4 Å². The lowest BCUT2D eigenvalue weighted by molar-refractivity contribution is -0.121. The van der Waals surface area contributed by atoms with Crippen molar-refractivity contribution < 1.29 is 9.90 Å². The number of para-hydroxylation sites is 1. The smallest absolute Gasteiger partial charge is 0.267 e. The molecule has 5 heteroatoms. The van der Waals surface area contributed by atoms with Gasteiger partial charge in [-0.25, -0.2) is 0 Å². The normalized spacial score (nSPS) is 15.2. The SMILES string of the molecule is O=C(N=Nc1c(O)n(Cc2ccccc2)c2ccccc12)C1CCCC1. The second-order valence-electron chi connectivity index (χ2n) is 6.78. The molecule has 1 amide bonds. The van der Waals surface area contributed by atoms with Crippen LogP contribution in [0.3, 0.4) is 0 Å². The lowest BCUT2D eigenvalue weighted by Gasteiger charge is -2.06. The van der Waals surface area contributed by atoms with Gasteiger partial charge in [0, 0.05) is 11.3 Å². The third-order valence-electron chi connectivity index (χ3n) is 5.05. The van der Waals surface area contributed by atoms with Crippen LogP contribution < -0.4 is 0 Å². The van der Waals surface area contributed by atoms with E-state index in [0.717, 1.165) is 42.1 Å². The van der Waals surface area contributed by atoms with Crippen LogP contribution in [0.2, 0.25) is 0 Å². The first-order valence-electron chi connectivity index (χ1n) is 9.04. The maximum atomic E-state index is 12.2. The summed E-state index contributed by atoms with van der Waals surface area (Å²) in [5, 5.41) is 19.6. The van der Waals surface area contributed by atoms with Crippen LogP contribution in [0.4, 0.5) is 5.69 Å². The summed E-state index contributed by atoms with van der Waals surface area (Å²) in [6.45, 7) is 0.527. The fourth-order valence-corrected chi connectivity index (χ4v) is 3.65. The highest BCUT2D eigenvalue weighted by Crippen LogP contribution is 2.39. The second-order valence-corrected chi connectivity index (χ2v) is 6.78. The van der Waals surface area contributed by atoms with Crippen molar-refractivity contribution in [2.75, 3.05) is 0 Å². The molecule has 4 rings (SSSR count). The van der Waals surface area contributed by atoms with Crippen LogP contribution in [0, 0.1) is 5.92 Å². The zero-order valence-corrected chi connectivity index (χ0v) is 14.5. The number of aromatic nitrogens is 1. The van der Waals surface area contributed by atoms with Crippen LogP contribution in [0.15, 0.2) is 64.8 Å². The molecule has 0 saturated heterocycles. The lowest BCUT2D eigenvalue weighted by Crippen LogP contribution is -2.06. The minimum atomic E-state index is -0.179. The Morgan fingerprint density at radius 3 is 2.50 bits per heavy atom. The summed E-state index contributed by atoms with van der Waals surface area (Å²) in [5.41, 5.74) is 2.31. The summed E-state index contributed by atoms with van der Waals surface area (Å²) in [6, 6.07) is 17.6. The number of aromatic hydroxyl groups is 1. The first-order valence-corrected chi connectivity index (χ1v) is 9.04. The number of carbonyl (C=O) groups is 1. The van der Waals surface area contributed by atoms with Gasteiger partial charge in [0.1, 0.15) is 0 Å². The first kappa shape index (κ1) is 16.5. The molecule has 2 aromatic carbocycles. The number of fused-ring (bicyclic) bond motifs is 1. The minimum absolute atomic E-state index is 0.0152. The Hall–Kier alpha value is -2.95. The van der Waals surface area contributed by atoms with Gasteiger partial charge in [0.15, 0.2) is 5.69 Å². The molecule has 0 aliphatic heterocycles. The van der Waals surface area contributed by atoms with Gasteiger partial charge in [-0.3, -0.25) is 4.79 Å². The van der Waals surface area contributed by atoms with Gasteiger partial charge in [-0.05, 0) is 24.5 Å². The van der Waals surface area contributed by atoms with Crippen molar-refractivity contribution in [2.24, 2.45) is 16.1 Å². The summed E-state index contributed by atoms with van der Waals surface area (Å²) in [6.07, 6.45) is 3.93. The molecule has 0 bridgehead atoms. The topological polar surface area (TPSA) is 66.9 Å². The number of hydrogen-bond acceptors (Lipinski definition) is 3. The molecule has 1 aromatic heterocycles. The fraction of sp³-hybridized carbons (Fsp3) is 0.286. The van der Waals surface area contributed by atoms with E-state index in [1.54, 1.807) is 4.57 Å². The number of carbonyl (C=O) groups excluding carboxylic acids is 1. The molecule has 1 N–H and O–H groups in total. The summed E-state index contributed by atoms with van der Waals surface area (Å²) < 4.78 is 1.80. The third-order valence-corrected chi connectivity index (χ3v) is 5.05. The Morgan fingerprint density at radius 1 is 1.04 bits per heavy atom. The van der Waals surface area contributed by atoms with Crippen LogP contribution in [-0.2, 0) is 11.3 Å². The Balaban J connectivity index is 1.70. The molecule has 0 radical (unpaired) electrons. The van der Waals surface area contributed by atoms with Crippen molar-refractivity contribution in [2.45, 2.75) is 32.2 Å². The zero-order valence-electron chi connectivity index (χ0n) is 14.5. The fourth-order valence-electron chi connectivity index (χ4n) is 3.65. The van der Waals surface area contributed by atoms with Crippen molar-refractivity contribution >= 4 is 22.5 Å². The maximum Gasteiger partial charge on any atom is 0.267 e. The van der Waals surface area contributed by atoms with E-state index in [1.165, 1.54) is 0 Å². The highest BCUT2D eigenvalue weighted by Gasteiger charge is 2.23. The van der Waals surface area contributed by atoms with Gasteiger partial charge in [0.25, 0.3) is 5.91 Å². The Bertz CT molecular complexity index is 954. The number of rotatable bonds is 4. The van der Waals surface area contributed by atoms with E-state index >= 15 is 0 Å². The molecule has 1 saturated carbocycles. The number of azo groups is 1. The highest BCUT2D eigenvalue weighted by molar-refractivity contribution is 5.95. The molecule has 0 atom stereocenters. The van der Waals surface area contributed by atoms with Crippen LogP contribution in [0.1, 0.15) is 31.2 Å². The summed E-state index contributed by atoms with van der Waals surface area (Å²) in [7, 11) is 0. The Labute approximate surface area is 152 Å². The predicted molar refractivity (Wildman–Crippen MR) is 101 cm³/mol. The number of nitrogens with zero attached hydrogens (tertiary/aromatic N) is 3. The van der Waals surface area contributed by atoms with E-state index in [4.69, 9.17) is 0 Å². The van der Waals surface area contributed by atoms with Crippen molar-refractivity contribution in [3.8, 4) is 5.88 Å². The van der Waals surface area contributed by atoms with Gasteiger partial charge in [-0.15, -0.1) is 10.2 Å². The van der Waals surface area contributed by atoms with E-state index < -0.39 is 0 Å². The van der Waals surface area contributed by atoms with Crippen LogP contribution in [-0.4, -0.2) is 15.6 Å². The van der Waals surface area contributed by atoms with E-state index in [1.807, 2.05) is 54.6 Å². The van der Waals surface area contributed by atoms with Crippen LogP contribution in [0.25, 0.3) is 10.9 Å². The molecule has 1 heterocycles. The molecular weight excluding hydrogens is 326 g/mol. The first-order chi connectivity index (χ1) is 12.7. The molecule has 0 unspecified atom stereocenters. The molecule has 0 spiro atoms. The number of amides is 1. The van der Waals surface area contributed by atoms with E-state index in [2.05, 4.69) is 10.2 Å². The zero-order chi connectivity index (χ0) is 17.9. The second kappa shape index (κ2) is 7.12. The molecule has 1 aliphatic rings. The highest BCUT2D eigenvalue weighted by atomic mass is 16.3. The van der Waals surface area contributed by atoms with E-state index in [-0.39, 0.29) is 17.7 Å². The largest absolute Gasteiger partial charge is 0.493 e. The lowest BCUT2D eigenvalue weighted by atomic mass is 10.1. The summed E-state index contributed by atoms with van der Waals surface area (Å²) in [4.78, 5) is 12.2. The van der Waals surface area contributed by atoms with Gasteiger partial charge >= 0.3 is 0 Å². The van der Waals surface area contributed by atoms with Gasteiger partial charge in [0.2, 0.25) is 5.88 Å². The predicted octanol–water partition coefficient (Wildman–Crippen LogP) is 5.20. The minimum Gasteiger partial charge on any atom is -0.493 e. The summed E-state index contributed by atoms with van der Waals surface area (Å²) >= 11 is 0. The van der Waals surface area contributed by atoms with Crippen LogP contribution >= 0.6 is 0 Å². The standard InChI is InChI=1S/C21H21N3O2/c25-20(16-10-4-5-11-16)23-22-19-17-12-6-7-13-18(17)24(21(19)26)14-15-8-2-1-3-9-15/h1-3,6-9,12-13,16,26H,4-5,10-11,14H2. The average Bonchev–Trinajstić information content (AvgIpc) is 3.29. The Kier molecular flexibility index (Phi) is 4.52. The average molecular weight is 347 g/mol. The molecular formula is C21H21N3O2. The van der Waals surface area contributed by atoms with Crippen molar-refractivity contribution in [3.63, 3.8) is 0 Å². The van der Waals surface area contributed by atoms with E-state index in [0.29, 0.717) is 12.2 Å². The van der Waals surface area contributed by atoms with E-state index in [9.17, 15) is 9.90 Å². The third kappa shape index (κ3) is 3.12. The van der Waals surface area contributed by atoms with Crippen molar-refractivity contribution in [1.82, 2.24) is 4.57 Å². The van der Waals surface area contributed by atoms with Crippen molar-refractivity contribution in [1.29, 1.82) is 0 Å². The van der Waals surface area contributed by atoms with Gasteiger partial charge < -0.3 is 9.67 Å². The maximum absolute atomic E-state index is 12.2. The Morgan fingerprint density at radius 2 is 1.73 bits per heavy atom. The molecule has 1 aliphatic carbocycles. The molecule has 1 fully saturated rings. The molecule has 26 heavy (non-hydrogen) atoms. The van der Waals surface area contributed by atoms with Crippen LogP contribution in [0.5, 0.6) is 5.88 Å². The molecule has 5 nitrogen and oxygen atoms in total. The van der Waals surface area contributed by atoms with Gasteiger partial charge in [-0.2, -0.15) is 0 Å². The quantitative estimate of drug-likeness (QED) is 0.659. The molecule has 3 aromatic rings. The van der Waals surface area contributed by atoms with Gasteiger partial charge in [0.05, 0.1) is 12.1 Å². The molecule has 132 valence electrons. The summed E-state index contributed by atoms with van der Waals surface area (Å²) in [5.74, 6) is -0.154. The number of benzene rings is 2. The van der Waals surface area contributed by atoms with Crippen molar-refractivity contribution in [3.05, 3.63) is 60.2 Å². The monoisotopic (exact) mass is 347 g/mol.